The number of ether oxygens (including phenoxy) is 1. The zero-order valence-corrected chi connectivity index (χ0v) is 16.2. The molecule has 2 amide bonds. The van der Waals surface area contributed by atoms with Crippen LogP contribution in [0.1, 0.15) is 25.3 Å². The molecule has 0 atom stereocenters. The van der Waals surface area contributed by atoms with Crippen molar-refractivity contribution in [2.45, 2.75) is 39.3 Å². The molecule has 0 bridgehead atoms. The first kappa shape index (κ1) is 20.8. The van der Waals surface area contributed by atoms with Crippen LogP contribution in [0, 0.1) is 5.92 Å². The number of carbonyl (C=O) groups is 2. The van der Waals surface area contributed by atoms with Gasteiger partial charge in [0, 0.05) is 37.3 Å². The van der Waals surface area contributed by atoms with Gasteiger partial charge in [0.15, 0.2) is 0 Å². The highest BCUT2D eigenvalue weighted by Crippen LogP contribution is 2.24. The monoisotopic (exact) mass is 406 g/mol. The number of para-hydroxylation sites is 1. The van der Waals surface area contributed by atoms with Gasteiger partial charge in [0.2, 0.25) is 11.8 Å². The Hall–Kier alpha value is -2.97. The third-order valence-corrected chi connectivity index (χ3v) is 4.97. The van der Waals surface area contributed by atoms with Crippen molar-refractivity contribution in [3.63, 3.8) is 0 Å². The Morgan fingerprint density at radius 2 is 2.00 bits per heavy atom. The molecule has 1 fully saturated rings. The van der Waals surface area contributed by atoms with E-state index in [9.17, 15) is 18.4 Å². The Morgan fingerprint density at radius 3 is 2.66 bits per heavy atom. The summed E-state index contributed by atoms with van der Waals surface area (Å²) in [5, 5.41) is 6.99. The molecule has 156 valence electrons. The average molecular weight is 406 g/mol. The number of halogens is 2. The number of nitrogens with one attached hydrogen (secondary N) is 1. The van der Waals surface area contributed by atoms with E-state index in [0.717, 1.165) is 6.54 Å². The van der Waals surface area contributed by atoms with Crippen molar-refractivity contribution in [1.82, 2.24) is 14.7 Å². The standard InChI is InChI=1S/C20H24F2N4O3/c1-2-26-13-16(12-23-26)24-19(28)14-7-9-25(10-8-14)18(27)11-15-5-3-4-6-17(15)29-20(21)22/h3-6,12-14,20H,2,7-11H2,1H3,(H,24,28). The maximum atomic E-state index is 12.6. The molecule has 1 aliphatic heterocycles. The van der Waals surface area contributed by atoms with Crippen LogP contribution in [0.15, 0.2) is 36.7 Å². The van der Waals surface area contributed by atoms with Gasteiger partial charge in [-0.25, -0.2) is 0 Å². The zero-order valence-electron chi connectivity index (χ0n) is 16.2. The average Bonchev–Trinajstić information content (AvgIpc) is 3.16. The summed E-state index contributed by atoms with van der Waals surface area (Å²) in [6, 6.07) is 6.29. The molecule has 1 aliphatic rings. The minimum absolute atomic E-state index is 0.0118. The molecule has 7 nitrogen and oxygen atoms in total. The number of likely N-dealkylation sites (tertiary alicyclic amines) is 1. The largest absolute Gasteiger partial charge is 0.435 e. The zero-order chi connectivity index (χ0) is 20.8. The van der Waals surface area contributed by atoms with Crippen LogP contribution >= 0.6 is 0 Å². The number of piperidine rings is 1. The van der Waals surface area contributed by atoms with E-state index in [4.69, 9.17) is 0 Å². The Morgan fingerprint density at radius 1 is 1.28 bits per heavy atom. The number of benzene rings is 1. The lowest BCUT2D eigenvalue weighted by atomic mass is 9.95. The molecule has 1 saturated heterocycles. The third kappa shape index (κ3) is 5.52. The number of hydrogen-bond acceptors (Lipinski definition) is 4. The smallest absolute Gasteiger partial charge is 0.387 e. The maximum Gasteiger partial charge on any atom is 0.387 e. The van der Waals surface area contributed by atoms with E-state index in [1.165, 1.54) is 6.07 Å². The minimum atomic E-state index is -2.94. The number of anilines is 1. The highest BCUT2D eigenvalue weighted by molar-refractivity contribution is 5.92. The number of aryl methyl sites for hydroxylation is 1. The quantitative estimate of drug-likeness (QED) is 0.767. The van der Waals surface area contributed by atoms with E-state index in [0.29, 0.717) is 37.2 Å². The summed E-state index contributed by atoms with van der Waals surface area (Å²) >= 11 is 0. The van der Waals surface area contributed by atoms with Crippen LogP contribution in [0.4, 0.5) is 14.5 Å². The molecule has 1 aromatic heterocycles. The minimum Gasteiger partial charge on any atom is -0.435 e. The summed E-state index contributed by atoms with van der Waals surface area (Å²) in [6.07, 6.45) is 4.47. The van der Waals surface area contributed by atoms with Crippen molar-refractivity contribution in [3.05, 3.63) is 42.2 Å². The van der Waals surface area contributed by atoms with Crippen molar-refractivity contribution in [3.8, 4) is 5.75 Å². The van der Waals surface area contributed by atoms with Crippen molar-refractivity contribution in [1.29, 1.82) is 0 Å². The molecule has 3 rings (SSSR count). The SMILES string of the molecule is CCn1cc(NC(=O)C2CCN(C(=O)Cc3ccccc3OC(F)F)CC2)cn1. The molecule has 2 aromatic rings. The summed E-state index contributed by atoms with van der Waals surface area (Å²) in [4.78, 5) is 26.7. The number of amides is 2. The van der Waals surface area contributed by atoms with E-state index < -0.39 is 6.61 Å². The first-order valence-corrected chi connectivity index (χ1v) is 9.60. The van der Waals surface area contributed by atoms with Gasteiger partial charge in [-0.1, -0.05) is 18.2 Å². The van der Waals surface area contributed by atoms with Gasteiger partial charge in [-0.05, 0) is 25.8 Å². The highest BCUT2D eigenvalue weighted by Gasteiger charge is 2.28. The predicted octanol–water partition coefficient (Wildman–Crippen LogP) is 2.92. The Labute approximate surface area is 167 Å². The molecular formula is C20H24F2N4O3. The summed E-state index contributed by atoms with van der Waals surface area (Å²) in [5.41, 5.74) is 1.08. The van der Waals surface area contributed by atoms with Crippen LogP contribution in [0.3, 0.4) is 0 Å². The van der Waals surface area contributed by atoms with Crippen molar-refractivity contribution in [2.75, 3.05) is 18.4 Å². The normalized spacial score (nSPS) is 14.8. The summed E-state index contributed by atoms with van der Waals surface area (Å²) in [5.74, 6) is -0.418. The molecule has 0 unspecified atom stereocenters. The topological polar surface area (TPSA) is 76.5 Å². The number of aromatic nitrogens is 2. The molecule has 9 heteroatoms. The van der Waals surface area contributed by atoms with Crippen LogP contribution in [0.25, 0.3) is 0 Å². The van der Waals surface area contributed by atoms with Crippen LogP contribution < -0.4 is 10.1 Å². The molecule has 0 radical (unpaired) electrons. The van der Waals surface area contributed by atoms with Gasteiger partial charge in [-0.3, -0.25) is 14.3 Å². The van der Waals surface area contributed by atoms with Crippen LogP contribution in [-0.4, -0.2) is 46.2 Å². The van der Waals surface area contributed by atoms with Gasteiger partial charge >= 0.3 is 6.61 Å². The fourth-order valence-corrected chi connectivity index (χ4v) is 3.37. The van der Waals surface area contributed by atoms with Gasteiger partial charge in [-0.15, -0.1) is 0 Å². The lowest BCUT2D eigenvalue weighted by Crippen LogP contribution is -2.42. The number of hydrogen-bond donors (Lipinski definition) is 1. The van der Waals surface area contributed by atoms with Crippen molar-refractivity contribution >= 4 is 17.5 Å². The summed E-state index contributed by atoms with van der Waals surface area (Å²) in [6.45, 7) is 0.641. The number of rotatable bonds is 7. The van der Waals surface area contributed by atoms with Gasteiger partial charge in [0.1, 0.15) is 5.75 Å². The van der Waals surface area contributed by atoms with Crippen molar-refractivity contribution < 1.29 is 23.1 Å². The second-order valence-corrected chi connectivity index (χ2v) is 6.89. The van der Waals surface area contributed by atoms with Crippen molar-refractivity contribution in [2.24, 2.45) is 5.92 Å². The Balaban J connectivity index is 1.51. The number of alkyl halides is 2. The third-order valence-electron chi connectivity index (χ3n) is 4.97. The van der Waals surface area contributed by atoms with E-state index in [-0.39, 0.29) is 29.9 Å². The first-order chi connectivity index (χ1) is 14.0. The molecule has 0 saturated carbocycles. The molecule has 0 aliphatic carbocycles. The van der Waals surface area contributed by atoms with Crippen LogP contribution in [0.5, 0.6) is 5.75 Å². The van der Waals surface area contributed by atoms with E-state index >= 15 is 0 Å². The van der Waals surface area contributed by atoms with Gasteiger partial charge in [0.05, 0.1) is 18.3 Å². The molecule has 1 aromatic carbocycles. The number of nitrogens with zero attached hydrogens (tertiary/aromatic N) is 3. The lowest BCUT2D eigenvalue weighted by molar-refractivity contribution is -0.134. The van der Waals surface area contributed by atoms with Crippen LogP contribution in [0.2, 0.25) is 0 Å². The molecular weight excluding hydrogens is 382 g/mol. The second-order valence-electron chi connectivity index (χ2n) is 6.89. The fraction of sp³-hybridized carbons (Fsp3) is 0.450. The van der Waals surface area contributed by atoms with Gasteiger partial charge < -0.3 is 15.0 Å². The summed E-state index contributed by atoms with van der Waals surface area (Å²) < 4.78 is 31.3. The predicted molar refractivity (Wildman–Crippen MR) is 103 cm³/mol. The van der Waals surface area contributed by atoms with E-state index in [1.807, 2.05) is 6.92 Å². The van der Waals surface area contributed by atoms with E-state index in [1.54, 1.807) is 40.2 Å². The Bertz CT molecular complexity index is 848. The van der Waals surface area contributed by atoms with E-state index in [2.05, 4.69) is 15.2 Å². The number of carbonyl (C=O) groups excluding carboxylic acids is 2. The first-order valence-electron chi connectivity index (χ1n) is 9.60. The van der Waals surface area contributed by atoms with Gasteiger partial charge in [-0.2, -0.15) is 13.9 Å². The fourth-order valence-electron chi connectivity index (χ4n) is 3.37. The lowest BCUT2D eigenvalue weighted by Gasteiger charge is -2.31. The molecule has 0 spiro atoms. The summed E-state index contributed by atoms with van der Waals surface area (Å²) in [7, 11) is 0. The maximum absolute atomic E-state index is 12.6. The highest BCUT2D eigenvalue weighted by atomic mass is 19.3. The van der Waals surface area contributed by atoms with Crippen LogP contribution in [-0.2, 0) is 22.6 Å². The second kappa shape index (κ2) is 9.49. The molecule has 1 N–H and O–H groups in total. The molecule has 2 heterocycles. The van der Waals surface area contributed by atoms with Gasteiger partial charge in [0.25, 0.3) is 0 Å². The molecule has 29 heavy (non-hydrogen) atoms. The Kier molecular flexibility index (Phi) is 6.79.